The lowest BCUT2D eigenvalue weighted by molar-refractivity contribution is -0.0510. The molecule has 2 N–H and O–H groups in total. The number of H-pyrrole nitrogens is 1. The smallest absolute Gasteiger partial charge is 0.355 e. The molecule has 128 valence electrons. The minimum absolute atomic E-state index is 1.11. The van der Waals surface area contributed by atoms with Crippen molar-refractivity contribution in [3.05, 3.63) is 59.1 Å². The summed E-state index contributed by atoms with van der Waals surface area (Å²) in [6.07, 6.45) is 0. The molecule has 0 unspecified atom stereocenters. The summed E-state index contributed by atoms with van der Waals surface area (Å²) in [6.45, 7) is 0. The number of aromatic amines is 1. The minimum atomic E-state index is -5.84. The van der Waals surface area contributed by atoms with Crippen LogP contribution in [0.5, 0.6) is 0 Å². The van der Waals surface area contributed by atoms with Gasteiger partial charge in [0.05, 0.1) is 0 Å². The Morgan fingerprint density at radius 2 is 1.58 bits per heavy atom. The summed E-state index contributed by atoms with van der Waals surface area (Å²) in [5, 5.41) is 1.23. The summed E-state index contributed by atoms with van der Waals surface area (Å²) in [7, 11) is -5.84. The zero-order valence-corrected chi connectivity index (χ0v) is 14.3. The van der Waals surface area contributed by atoms with Gasteiger partial charge in [-0.15, -0.1) is 0 Å². The highest BCUT2D eigenvalue weighted by Crippen LogP contribution is 2.26. The summed E-state index contributed by atoms with van der Waals surface area (Å²) in [5.74, 6) is 0. The van der Waals surface area contributed by atoms with Crippen LogP contribution in [0.2, 0.25) is 0 Å². The van der Waals surface area contributed by atoms with E-state index in [0.29, 0.717) is 0 Å². The van der Waals surface area contributed by atoms with Crippen molar-refractivity contribution in [3.8, 4) is 11.3 Å². The third-order valence-electron chi connectivity index (χ3n) is 2.96. The van der Waals surface area contributed by atoms with Crippen molar-refractivity contribution in [3.63, 3.8) is 0 Å². The lowest BCUT2D eigenvalue weighted by Gasteiger charge is -1.97. The van der Waals surface area contributed by atoms with Gasteiger partial charge in [0.2, 0.25) is 0 Å². The third kappa shape index (κ3) is 4.59. The topological polar surface area (TPSA) is 70.2 Å². The minimum Gasteiger partial charge on any atom is -0.355 e. The monoisotopic (exact) mass is 421 g/mol. The van der Waals surface area contributed by atoms with Crippen LogP contribution in [0.4, 0.5) is 13.2 Å². The second-order valence-electron chi connectivity index (χ2n) is 4.70. The lowest BCUT2D eigenvalue weighted by atomic mass is 10.1. The molecule has 2 aromatic carbocycles. The number of benzene rings is 2. The van der Waals surface area contributed by atoms with E-state index in [9.17, 15) is 13.2 Å². The van der Waals surface area contributed by atoms with Gasteiger partial charge in [-0.05, 0) is 29.8 Å². The molecule has 0 aliphatic heterocycles. The molecule has 0 fully saturated rings. The van der Waals surface area contributed by atoms with E-state index in [1.165, 1.54) is 16.5 Å². The molecule has 24 heavy (non-hydrogen) atoms. The first-order valence-electron chi connectivity index (χ1n) is 6.45. The Kier molecular flexibility index (Phi) is 5.36. The highest BCUT2D eigenvalue weighted by molar-refractivity contribution is 9.10. The molecular weight excluding hydrogens is 411 g/mol. The molecule has 0 radical (unpaired) electrons. The van der Waals surface area contributed by atoms with Gasteiger partial charge >= 0.3 is 15.6 Å². The summed E-state index contributed by atoms with van der Waals surface area (Å²) >= 11 is 3.48. The Morgan fingerprint density at radius 1 is 1.00 bits per heavy atom. The van der Waals surface area contributed by atoms with Crippen LogP contribution in [-0.4, -0.2) is 23.5 Å². The second-order valence-corrected chi connectivity index (χ2v) is 7.03. The number of fused-ring (bicyclic) bond motifs is 1. The molecule has 0 bridgehead atoms. The first-order valence-corrected chi connectivity index (χ1v) is 8.69. The molecule has 9 heteroatoms. The fraction of sp³-hybridized carbons (Fsp3) is 0.0667. The van der Waals surface area contributed by atoms with Crippen molar-refractivity contribution in [2.24, 2.45) is 0 Å². The molecule has 0 aliphatic rings. The number of hydrogen-bond acceptors (Lipinski definition) is 2. The van der Waals surface area contributed by atoms with Gasteiger partial charge < -0.3 is 4.98 Å². The maximum Gasteiger partial charge on any atom is 0.522 e. The van der Waals surface area contributed by atoms with E-state index in [1.54, 1.807) is 0 Å². The SMILES string of the molecule is Brc1ccc2[nH]c(-c3ccccc3)cc2c1.O=S(=O)(O)C(F)(F)F. The van der Waals surface area contributed by atoms with Gasteiger partial charge in [0.25, 0.3) is 0 Å². The van der Waals surface area contributed by atoms with Gasteiger partial charge in [0, 0.05) is 21.1 Å². The van der Waals surface area contributed by atoms with Crippen molar-refractivity contribution in [1.82, 2.24) is 4.98 Å². The molecule has 0 atom stereocenters. The average Bonchev–Trinajstić information content (AvgIpc) is 2.90. The van der Waals surface area contributed by atoms with E-state index in [4.69, 9.17) is 13.0 Å². The lowest BCUT2D eigenvalue weighted by Crippen LogP contribution is -2.21. The number of aromatic nitrogens is 1. The van der Waals surface area contributed by atoms with Gasteiger partial charge in [-0.25, -0.2) is 0 Å². The predicted molar refractivity (Wildman–Crippen MR) is 89.0 cm³/mol. The molecule has 0 spiro atoms. The molecular formula is C15H11BrF3NO3S. The number of hydrogen-bond donors (Lipinski definition) is 2. The summed E-state index contributed by atoms with van der Waals surface area (Å²) in [4.78, 5) is 3.42. The van der Waals surface area contributed by atoms with E-state index in [1.807, 2.05) is 12.1 Å². The summed E-state index contributed by atoms with van der Waals surface area (Å²) < 4.78 is 58.7. The maximum absolute atomic E-state index is 10.7. The van der Waals surface area contributed by atoms with E-state index in [-0.39, 0.29) is 0 Å². The molecule has 4 nitrogen and oxygen atoms in total. The average molecular weight is 422 g/mol. The van der Waals surface area contributed by atoms with E-state index in [0.717, 1.165) is 10.2 Å². The molecule has 3 aromatic rings. The van der Waals surface area contributed by atoms with Crippen LogP contribution in [0.1, 0.15) is 0 Å². The van der Waals surface area contributed by atoms with Crippen LogP contribution in [-0.2, 0) is 10.1 Å². The number of alkyl halides is 3. The normalized spacial score (nSPS) is 11.9. The zero-order chi connectivity index (χ0) is 18.0. The van der Waals surface area contributed by atoms with Crippen LogP contribution in [0, 0.1) is 0 Å². The van der Waals surface area contributed by atoms with E-state index < -0.39 is 15.6 Å². The van der Waals surface area contributed by atoms with Gasteiger partial charge in [-0.1, -0.05) is 46.3 Å². The van der Waals surface area contributed by atoms with Gasteiger partial charge in [-0.2, -0.15) is 21.6 Å². The van der Waals surface area contributed by atoms with Crippen LogP contribution in [0.3, 0.4) is 0 Å². The van der Waals surface area contributed by atoms with Crippen LogP contribution in [0.15, 0.2) is 59.1 Å². The van der Waals surface area contributed by atoms with E-state index in [2.05, 4.69) is 63.4 Å². The van der Waals surface area contributed by atoms with Crippen molar-refractivity contribution in [2.75, 3.05) is 0 Å². The Hall–Kier alpha value is -1.84. The van der Waals surface area contributed by atoms with E-state index >= 15 is 0 Å². The molecule has 1 aromatic heterocycles. The summed E-state index contributed by atoms with van der Waals surface area (Å²) in [6, 6.07) is 18.8. The van der Waals surface area contributed by atoms with Gasteiger partial charge in [-0.3, -0.25) is 4.55 Å². The standard InChI is InChI=1S/C14H10BrN.CHF3O3S/c15-12-6-7-13-11(8-12)9-14(16-13)10-4-2-1-3-5-10;2-1(3,4)8(5,6)7/h1-9,16H;(H,5,6,7). The first kappa shape index (κ1) is 18.5. The summed E-state index contributed by atoms with van der Waals surface area (Å²) in [5.41, 5.74) is -1.99. The highest BCUT2D eigenvalue weighted by Gasteiger charge is 2.44. The molecule has 0 aliphatic carbocycles. The molecule has 1 heterocycles. The van der Waals surface area contributed by atoms with Crippen molar-refractivity contribution >= 4 is 37.0 Å². The number of halogens is 4. The van der Waals surface area contributed by atoms with Gasteiger partial charge in [0.1, 0.15) is 0 Å². The zero-order valence-electron chi connectivity index (χ0n) is 11.9. The molecule has 0 saturated heterocycles. The third-order valence-corrected chi connectivity index (χ3v) is 4.04. The largest absolute Gasteiger partial charge is 0.522 e. The Bertz CT molecular complexity index is 938. The Morgan fingerprint density at radius 3 is 2.12 bits per heavy atom. The maximum atomic E-state index is 10.7. The fourth-order valence-corrected chi connectivity index (χ4v) is 2.26. The quantitative estimate of drug-likeness (QED) is 0.429. The van der Waals surface area contributed by atoms with Crippen molar-refractivity contribution in [1.29, 1.82) is 0 Å². The molecule has 3 rings (SSSR count). The van der Waals surface area contributed by atoms with Crippen molar-refractivity contribution in [2.45, 2.75) is 5.51 Å². The van der Waals surface area contributed by atoms with Crippen molar-refractivity contribution < 1.29 is 26.1 Å². The van der Waals surface area contributed by atoms with Crippen LogP contribution < -0.4 is 0 Å². The Balaban J connectivity index is 0.000000224. The first-order chi connectivity index (χ1) is 11.1. The van der Waals surface area contributed by atoms with Crippen LogP contribution in [0.25, 0.3) is 22.2 Å². The second kappa shape index (κ2) is 6.96. The predicted octanol–water partition coefficient (Wildman–Crippen LogP) is 4.99. The highest BCUT2D eigenvalue weighted by atomic mass is 79.9. The number of rotatable bonds is 1. The fourth-order valence-electron chi connectivity index (χ4n) is 1.88. The molecule has 0 amide bonds. The Labute approximate surface area is 144 Å². The van der Waals surface area contributed by atoms with Crippen LogP contribution >= 0.6 is 15.9 Å². The molecule has 0 saturated carbocycles. The number of nitrogens with one attached hydrogen (secondary N) is 1. The van der Waals surface area contributed by atoms with Gasteiger partial charge in [0.15, 0.2) is 0 Å².